The summed E-state index contributed by atoms with van der Waals surface area (Å²) in [5.74, 6) is 0.159. The zero-order valence-corrected chi connectivity index (χ0v) is 12.4. The highest BCUT2D eigenvalue weighted by Gasteiger charge is 2.26. The van der Waals surface area contributed by atoms with Gasteiger partial charge in [0.05, 0.1) is 18.8 Å². The second-order valence-electron chi connectivity index (χ2n) is 5.92. The molecule has 0 radical (unpaired) electrons. The third-order valence-corrected chi connectivity index (χ3v) is 4.23. The predicted octanol–water partition coefficient (Wildman–Crippen LogP) is 2.21. The highest BCUT2D eigenvalue weighted by Crippen LogP contribution is 2.32. The van der Waals surface area contributed by atoms with E-state index in [2.05, 4.69) is 5.32 Å². The summed E-state index contributed by atoms with van der Waals surface area (Å²) in [5.41, 5.74) is 0.810. The van der Waals surface area contributed by atoms with Crippen molar-refractivity contribution in [2.75, 3.05) is 19.7 Å². The van der Waals surface area contributed by atoms with E-state index in [1.54, 1.807) is 11.0 Å². The number of aliphatic hydroxyl groups is 1. The lowest BCUT2D eigenvalue weighted by Gasteiger charge is -2.31. The van der Waals surface area contributed by atoms with Crippen LogP contribution in [0.4, 0.5) is 9.18 Å². The minimum atomic E-state index is -0.446. The Morgan fingerprint density at radius 3 is 3.05 bits per heavy atom. The maximum absolute atomic E-state index is 13.3. The van der Waals surface area contributed by atoms with Gasteiger partial charge in [-0.25, -0.2) is 9.18 Å². The van der Waals surface area contributed by atoms with Gasteiger partial charge in [-0.1, -0.05) is 6.07 Å². The van der Waals surface area contributed by atoms with E-state index in [0.717, 1.165) is 31.2 Å². The molecule has 0 spiro atoms. The van der Waals surface area contributed by atoms with Crippen LogP contribution >= 0.6 is 0 Å². The van der Waals surface area contributed by atoms with E-state index in [1.165, 1.54) is 12.1 Å². The molecule has 5 nitrogen and oxygen atoms in total. The Hall–Kier alpha value is -1.82. The van der Waals surface area contributed by atoms with Crippen molar-refractivity contribution in [3.05, 3.63) is 29.6 Å². The number of carbonyl (C=O) groups excluding carboxylic acids is 1. The Labute approximate surface area is 129 Å². The summed E-state index contributed by atoms with van der Waals surface area (Å²) in [7, 11) is 0. The molecule has 2 heterocycles. The van der Waals surface area contributed by atoms with E-state index in [4.69, 9.17) is 4.74 Å². The van der Waals surface area contributed by atoms with E-state index in [9.17, 15) is 14.3 Å². The quantitative estimate of drug-likeness (QED) is 0.836. The van der Waals surface area contributed by atoms with E-state index in [-0.39, 0.29) is 17.9 Å². The van der Waals surface area contributed by atoms with E-state index in [0.29, 0.717) is 25.4 Å². The van der Waals surface area contributed by atoms with Crippen LogP contribution in [0.25, 0.3) is 0 Å². The number of β-amino-alcohol motifs (C(OH)–C–C–N with tert-alkyl or cyclic N) is 1. The SMILES string of the molecule is O=C(NC1CCCOc2cc(F)ccc21)N1CCCC(O)C1. The lowest BCUT2D eigenvalue weighted by Crippen LogP contribution is -2.47. The Morgan fingerprint density at radius 1 is 1.36 bits per heavy atom. The predicted molar refractivity (Wildman–Crippen MR) is 79.2 cm³/mol. The number of nitrogens with zero attached hydrogens (tertiary/aromatic N) is 1. The van der Waals surface area contributed by atoms with Gasteiger partial charge < -0.3 is 20.1 Å². The second kappa shape index (κ2) is 6.52. The normalized spacial score (nSPS) is 24.9. The molecule has 1 aromatic rings. The average molecular weight is 308 g/mol. The summed E-state index contributed by atoms with van der Waals surface area (Å²) in [4.78, 5) is 14.0. The van der Waals surface area contributed by atoms with Crippen LogP contribution in [0.2, 0.25) is 0 Å². The maximum Gasteiger partial charge on any atom is 0.317 e. The first-order valence-electron chi connectivity index (χ1n) is 7.79. The fourth-order valence-electron chi connectivity index (χ4n) is 3.08. The number of carbonyl (C=O) groups is 1. The van der Waals surface area contributed by atoms with Gasteiger partial charge in [-0.3, -0.25) is 0 Å². The number of aliphatic hydroxyl groups excluding tert-OH is 1. The molecule has 2 aliphatic rings. The summed E-state index contributed by atoms with van der Waals surface area (Å²) in [6.45, 7) is 1.54. The van der Waals surface area contributed by atoms with Crippen molar-refractivity contribution in [1.82, 2.24) is 10.2 Å². The Kier molecular flexibility index (Phi) is 4.47. The van der Waals surface area contributed by atoms with Crippen LogP contribution in [0.1, 0.15) is 37.3 Å². The van der Waals surface area contributed by atoms with Crippen LogP contribution in [-0.4, -0.2) is 41.8 Å². The summed E-state index contributed by atoms with van der Waals surface area (Å²) in [6, 6.07) is 4.05. The lowest BCUT2D eigenvalue weighted by molar-refractivity contribution is 0.0832. The van der Waals surface area contributed by atoms with Crippen LogP contribution in [0.15, 0.2) is 18.2 Å². The first-order valence-corrected chi connectivity index (χ1v) is 7.79. The van der Waals surface area contributed by atoms with Gasteiger partial charge in [0.25, 0.3) is 0 Å². The molecular formula is C16H21FN2O3. The minimum Gasteiger partial charge on any atom is -0.493 e. The summed E-state index contributed by atoms with van der Waals surface area (Å²) in [5, 5.41) is 12.7. The number of hydrogen-bond donors (Lipinski definition) is 2. The van der Waals surface area contributed by atoms with Crippen LogP contribution in [0.5, 0.6) is 5.75 Å². The number of nitrogens with one attached hydrogen (secondary N) is 1. The number of urea groups is 1. The fourth-order valence-corrected chi connectivity index (χ4v) is 3.08. The third kappa shape index (κ3) is 3.32. The number of amides is 2. The van der Waals surface area contributed by atoms with Crippen molar-refractivity contribution in [3.8, 4) is 5.75 Å². The first-order chi connectivity index (χ1) is 10.6. The molecular weight excluding hydrogens is 287 g/mol. The summed E-state index contributed by atoms with van der Waals surface area (Å²) in [6.07, 6.45) is 2.65. The van der Waals surface area contributed by atoms with Crippen LogP contribution in [0.3, 0.4) is 0 Å². The van der Waals surface area contributed by atoms with Gasteiger partial charge in [0.2, 0.25) is 0 Å². The maximum atomic E-state index is 13.3. The number of likely N-dealkylation sites (tertiary alicyclic amines) is 1. The highest BCUT2D eigenvalue weighted by atomic mass is 19.1. The molecule has 2 atom stereocenters. The van der Waals surface area contributed by atoms with Gasteiger partial charge in [0, 0.05) is 24.7 Å². The van der Waals surface area contributed by atoms with Crippen LogP contribution in [-0.2, 0) is 0 Å². The number of benzene rings is 1. The molecule has 22 heavy (non-hydrogen) atoms. The number of halogens is 1. The molecule has 0 saturated carbocycles. The third-order valence-electron chi connectivity index (χ3n) is 4.23. The van der Waals surface area contributed by atoms with Crippen molar-refractivity contribution in [2.24, 2.45) is 0 Å². The number of fused-ring (bicyclic) bond motifs is 1. The molecule has 1 aromatic carbocycles. The van der Waals surface area contributed by atoms with E-state index < -0.39 is 6.10 Å². The average Bonchev–Trinajstić information content (AvgIpc) is 2.69. The molecule has 3 rings (SSSR count). The highest BCUT2D eigenvalue weighted by molar-refractivity contribution is 5.75. The van der Waals surface area contributed by atoms with Crippen LogP contribution < -0.4 is 10.1 Å². The first kappa shape index (κ1) is 15.1. The van der Waals surface area contributed by atoms with Gasteiger partial charge in [0.15, 0.2) is 0 Å². The lowest BCUT2D eigenvalue weighted by atomic mass is 10.0. The van der Waals surface area contributed by atoms with Gasteiger partial charge in [0.1, 0.15) is 11.6 Å². The molecule has 2 amide bonds. The van der Waals surface area contributed by atoms with Gasteiger partial charge in [-0.2, -0.15) is 0 Å². The molecule has 0 aliphatic carbocycles. The molecule has 120 valence electrons. The van der Waals surface area contributed by atoms with E-state index in [1.807, 2.05) is 0 Å². The van der Waals surface area contributed by atoms with Crippen LogP contribution in [0, 0.1) is 5.82 Å². The Bertz CT molecular complexity index is 552. The Morgan fingerprint density at radius 2 is 2.23 bits per heavy atom. The molecule has 1 saturated heterocycles. The Balaban J connectivity index is 1.73. The monoisotopic (exact) mass is 308 g/mol. The van der Waals surface area contributed by atoms with Crippen molar-refractivity contribution in [1.29, 1.82) is 0 Å². The minimum absolute atomic E-state index is 0.180. The molecule has 6 heteroatoms. The van der Waals surface area contributed by atoms with Gasteiger partial charge in [-0.05, 0) is 31.7 Å². The molecule has 2 N–H and O–H groups in total. The van der Waals surface area contributed by atoms with Crippen molar-refractivity contribution in [2.45, 2.75) is 37.8 Å². The van der Waals surface area contributed by atoms with Gasteiger partial charge >= 0.3 is 6.03 Å². The van der Waals surface area contributed by atoms with Crippen molar-refractivity contribution in [3.63, 3.8) is 0 Å². The zero-order chi connectivity index (χ0) is 15.5. The number of hydrogen-bond acceptors (Lipinski definition) is 3. The summed E-state index contributed by atoms with van der Waals surface area (Å²) >= 11 is 0. The zero-order valence-electron chi connectivity index (χ0n) is 12.4. The topological polar surface area (TPSA) is 61.8 Å². The smallest absolute Gasteiger partial charge is 0.317 e. The number of ether oxygens (including phenoxy) is 1. The van der Waals surface area contributed by atoms with Crippen molar-refractivity contribution < 1.29 is 19.0 Å². The van der Waals surface area contributed by atoms with Gasteiger partial charge in [-0.15, -0.1) is 0 Å². The largest absolute Gasteiger partial charge is 0.493 e. The second-order valence-corrected chi connectivity index (χ2v) is 5.92. The molecule has 2 aliphatic heterocycles. The summed E-state index contributed by atoms with van der Waals surface area (Å²) < 4.78 is 18.9. The molecule has 0 aromatic heterocycles. The fraction of sp³-hybridized carbons (Fsp3) is 0.562. The molecule has 0 bridgehead atoms. The standard InChI is InChI=1S/C16H21FN2O3/c17-11-5-6-13-14(4-2-8-22-15(13)9-11)18-16(21)19-7-1-3-12(20)10-19/h5-6,9,12,14,20H,1-4,7-8,10H2,(H,18,21). The number of piperidine rings is 1. The molecule has 1 fully saturated rings. The van der Waals surface area contributed by atoms with Crippen molar-refractivity contribution >= 4 is 6.03 Å². The molecule has 2 unspecified atom stereocenters. The number of rotatable bonds is 1. The van der Waals surface area contributed by atoms with E-state index >= 15 is 0 Å².